The molecule has 0 fully saturated rings. The molecule has 0 atom stereocenters. The lowest BCUT2D eigenvalue weighted by Crippen LogP contribution is -1.88. The molecule has 0 saturated heterocycles. The number of nitrogens with zero attached hydrogens (tertiary/aromatic N) is 1. The second kappa shape index (κ2) is 5.07. The number of pyridine rings is 1. The predicted molar refractivity (Wildman–Crippen MR) is 79.8 cm³/mol. The van der Waals surface area contributed by atoms with E-state index in [-0.39, 0.29) is 0 Å². The molecular weight excluding hydrogens is 230 g/mol. The van der Waals surface area contributed by atoms with Crippen molar-refractivity contribution in [1.29, 1.82) is 0 Å². The van der Waals surface area contributed by atoms with Crippen molar-refractivity contribution in [2.24, 2.45) is 0 Å². The smallest absolute Gasteiger partial charge is 0.0708 e. The number of hydrogen-bond acceptors (Lipinski definition) is 1. The fraction of sp³-hybridized carbons (Fsp3) is 0.0556. The molecule has 0 aliphatic heterocycles. The first kappa shape index (κ1) is 11.7. The third-order valence-electron chi connectivity index (χ3n) is 3.20. The molecule has 0 spiro atoms. The molecule has 0 N–H and O–H groups in total. The molecule has 0 bridgehead atoms. The number of aromatic nitrogens is 1. The molecule has 0 amide bonds. The van der Waals surface area contributed by atoms with Gasteiger partial charge in [-0.15, -0.1) is 0 Å². The van der Waals surface area contributed by atoms with Gasteiger partial charge in [0.1, 0.15) is 0 Å². The number of hydrogen-bond donors (Lipinski definition) is 0. The summed E-state index contributed by atoms with van der Waals surface area (Å²) < 4.78 is 0. The highest BCUT2D eigenvalue weighted by atomic mass is 14.7. The second-order valence-electron chi connectivity index (χ2n) is 4.63. The van der Waals surface area contributed by atoms with Crippen LogP contribution in [0.5, 0.6) is 0 Å². The molecular formula is C18H15N. The first-order chi connectivity index (χ1) is 9.34. The molecule has 0 saturated carbocycles. The normalized spacial score (nSPS) is 10.4. The fourth-order valence-electron chi connectivity index (χ4n) is 2.20. The van der Waals surface area contributed by atoms with Crippen LogP contribution in [0.2, 0.25) is 0 Å². The molecule has 1 nitrogen and oxygen atoms in total. The zero-order valence-corrected chi connectivity index (χ0v) is 10.9. The standard InChI is InChI=1S/C18H15N/c1-14-11-12-18(19-13-14)17-10-6-5-9-16(17)15-7-3-2-4-8-15/h2-13H,1H3. The van der Waals surface area contributed by atoms with Gasteiger partial charge in [0.15, 0.2) is 0 Å². The summed E-state index contributed by atoms with van der Waals surface area (Å²) in [4.78, 5) is 4.53. The van der Waals surface area contributed by atoms with E-state index in [1.54, 1.807) is 0 Å². The topological polar surface area (TPSA) is 12.9 Å². The van der Waals surface area contributed by atoms with Crippen molar-refractivity contribution in [2.75, 3.05) is 0 Å². The maximum Gasteiger partial charge on any atom is 0.0708 e. The van der Waals surface area contributed by atoms with Gasteiger partial charge >= 0.3 is 0 Å². The monoisotopic (exact) mass is 245 g/mol. The van der Waals surface area contributed by atoms with E-state index in [9.17, 15) is 0 Å². The maximum atomic E-state index is 4.53. The molecule has 0 unspecified atom stereocenters. The van der Waals surface area contributed by atoms with Crippen molar-refractivity contribution in [2.45, 2.75) is 6.92 Å². The van der Waals surface area contributed by atoms with E-state index in [0.29, 0.717) is 0 Å². The van der Waals surface area contributed by atoms with Crippen LogP contribution in [0.1, 0.15) is 5.56 Å². The van der Waals surface area contributed by atoms with E-state index in [0.717, 1.165) is 5.69 Å². The van der Waals surface area contributed by atoms with Gasteiger partial charge in [0.2, 0.25) is 0 Å². The first-order valence-electron chi connectivity index (χ1n) is 6.42. The molecule has 0 aliphatic carbocycles. The highest BCUT2D eigenvalue weighted by Gasteiger charge is 2.06. The molecule has 3 aromatic rings. The molecule has 19 heavy (non-hydrogen) atoms. The van der Waals surface area contributed by atoms with E-state index in [2.05, 4.69) is 72.6 Å². The Morgan fingerprint density at radius 3 is 2.05 bits per heavy atom. The van der Waals surface area contributed by atoms with Crippen LogP contribution in [0.3, 0.4) is 0 Å². The van der Waals surface area contributed by atoms with Gasteiger partial charge in [-0.25, -0.2) is 0 Å². The average molecular weight is 245 g/mol. The third kappa shape index (κ3) is 2.41. The number of rotatable bonds is 2. The van der Waals surface area contributed by atoms with Crippen LogP contribution in [0.25, 0.3) is 22.4 Å². The quantitative estimate of drug-likeness (QED) is 0.636. The van der Waals surface area contributed by atoms with Gasteiger partial charge < -0.3 is 0 Å². The first-order valence-corrected chi connectivity index (χ1v) is 6.42. The predicted octanol–water partition coefficient (Wildman–Crippen LogP) is 4.72. The summed E-state index contributed by atoms with van der Waals surface area (Å²) in [6.45, 7) is 2.06. The molecule has 3 rings (SSSR count). The van der Waals surface area contributed by atoms with Gasteiger partial charge in [-0.3, -0.25) is 4.98 Å². The van der Waals surface area contributed by atoms with Crippen LogP contribution in [0.15, 0.2) is 72.9 Å². The summed E-state index contributed by atoms with van der Waals surface area (Å²) in [6, 6.07) is 23.0. The van der Waals surface area contributed by atoms with Crippen LogP contribution >= 0.6 is 0 Å². The van der Waals surface area contributed by atoms with E-state index < -0.39 is 0 Å². The highest BCUT2D eigenvalue weighted by molar-refractivity contribution is 5.81. The van der Waals surface area contributed by atoms with Crippen molar-refractivity contribution in [3.8, 4) is 22.4 Å². The molecule has 1 heterocycles. The molecule has 1 aromatic heterocycles. The lowest BCUT2D eigenvalue weighted by Gasteiger charge is -2.09. The van der Waals surface area contributed by atoms with E-state index >= 15 is 0 Å². The van der Waals surface area contributed by atoms with Crippen LogP contribution < -0.4 is 0 Å². The largest absolute Gasteiger partial charge is 0.256 e. The molecule has 1 heteroatoms. The van der Waals surface area contributed by atoms with Gasteiger partial charge in [0, 0.05) is 11.8 Å². The zero-order valence-electron chi connectivity index (χ0n) is 10.9. The van der Waals surface area contributed by atoms with E-state index in [4.69, 9.17) is 0 Å². The van der Waals surface area contributed by atoms with Crippen molar-refractivity contribution >= 4 is 0 Å². The lowest BCUT2D eigenvalue weighted by molar-refractivity contribution is 1.27. The number of benzene rings is 2. The summed E-state index contributed by atoms with van der Waals surface area (Å²) in [5, 5.41) is 0. The Balaban J connectivity index is 2.15. The minimum Gasteiger partial charge on any atom is -0.256 e. The Morgan fingerprint density at radius 1 is 0.684 bits per heavy atom. The molecule has 2 aromatic carbocycles. The van der Waals surface area contributed by atoms with Crippen LogP contribution in [0, 0.1) is 6.92 Å². The summed E-state index contributed by atoms with van der Waals surface area (Å²) in [5.41, 5.74) is 5.82. The Kier molecular flexibility index (Phi) is 3.11. The van der Waals surface area contributed by atoms with Crippen molar-refractivity contribution in [3.05, 3.63) is 78.5 Å². The third-order valence-corrected chi connectivity index (χ3v) is 3.20. The second-order valence-corrected chi connectivity index (χ2v) is 4.63. The van der Waals surface area contributed by atoms with Crippen molar-refractivity contribution < 1.29 is 0 Å². The zero-order chi connectivity index (χ0) is 13.1. The van der Waals surface area contributed by atoms with Gasteiger partial charge in [-0.1, -0.05) is 60.7 Å². The molecule has 0 aliphatic rings. The Morgan fingerprint density at radius 2 is 1.37 bits per heavy atom. The van der Waals surface area contributed by atoms with E-state index in [1.807, 2.05) is 12.3 Å². The Hall–Kier alpha value is -2.41. The molecule has 92 valence electrons. The van der Waals surface area contributed by atoms with Gasteiger partial charge in [-0.2, -0.15) is 0 Å². The van der Waals surface area contributed by atoms with Crippen molar-refractivity contribution in [3.63, 3.8) is 0 Å². The van der Waals surface area contributed by atoms with E-state index in [1.165, 1.54) is 22.3 Å². The van der Waals surface area contributed by atoms with Crippen LogP contribution in [0.4, 0.5) is 0 Å². The summed E-state index contributed by atoms with van der Waals surface area (Å²) in [6.07, 6.45) is 1.91. The SMILES string of the molecule is Cc1ccc(-c2ccccc2-c2ccccc2)nc1. The van der Waals surface area contributed by atoms with Gasteiger partial charge in [0.25, 0.3) is 0 Å². The summed E-state index contributed by atoms with van der Waals surface area (Å²) >= 11 is 0. The van der Waals surface area contributed by atoms with Gasteiger partial charge in [-0.05, 0) is 29.7 Å². The van der Waals surface area contributed by atoms with Crippen LogP contribution in [-0.4, -0.2) is 4.98 Å². The Bertz CT molecular complexity index is 670. The summed E-state index contributed by atoms with van der Waals surface area (Å²) in [7, 11) is 0. The van der Waals surface area contributed by atoms with Crippen LogP contribution in [-0.2, 0) is 0 Å². The minimum absolute atomic E-state index is 1.02. The summed E-state index contributed by atoms with van der Waals surface area (Å²) in [5.74, 6) is 0. The highest BCUT2D eigenvalue weighted by Crippen LogP contribution is 2.30. The number of aryl methyl sites for hydroxylation is 1. The average Bonchev–Trinajstić information content (AvgIpc) is 2.49. The van der Waals surface area contributed by atoms with Gasteiger partial charge in [0.05, 0.1) is 5.69 Å². The lowest BCUT2D eigenvalue weighted by atomic mass is 9.97. The maximum absolute atomic E-state index is 4.53. The molecule has 0 radical (unpaired) electrons. The fourth-order valence-corrected chi connectivity index (χ4v) is 2.20. The minimum atomic E-state index is 1.02. The van der Waals surface area contributed by atoms with Crippen molar-refractivity contribution in [1.82, 2.24) is 4.98 Å². The Labute approximate surface area is 113 Å².